The molecule has 7 nitrogen and oxygen atoms in total. The van der Waals surface area contributed by atoms with E-state index >= 15 is 0 Å². The van der Waals surface area contributed by atoms with E-state index in [0.717, 1.165) is 70.8 Å². The van der Waals surface area contributed by atoms with Gasteiger partial charge in [-0.15, -0.1) is 23.1 Å². The molecule has 1 aliphatic heterocycles. The van der Waals surface area contributed by atoms with Crippen molar-refractivity contribution < 1.29 is 32.5 Å². The van der Waals surface area contributed by atoms with E-state index in [1.54, 1.807) is 24.9 Å². The molecule has 0 bridgehead atoms. The Bertz CT molecular complexity index is 1590. The van der Waals surface area contributed by atoms with Crippen molar-refractivity contribution in [3.8, 4) is 22.1 Å². The summed E-state index contributed by atoms with van der Waals surface area (Å²) in [5.41, 5.74) is 2.98. The lowest BCUT2D eigenvalue weighted by atomic mass is 10.1. The Morgan fingerprint density at radius 1 is 1.00 bits per heavy atom. The van der Waals surface area contributed by atoms with Crippen LogP contribution in [0.3, 0.4) is 0 Å². The van der Waals surface area contributed by atoms with Gasteiger partial charge in [0.25, 0.3) is 0 Å². The molecular formula is C33H34F3N3O4S2. The first-order valence-corrected chi connectivity index (χ1v) is 16.3. The Balaban J connectivity index is 1.32. The highest BCUT2D eigenvalue weighted by atomic mass is 32.2. The number of nitrogens with zero attached hydrogens (tertiary/aromatic N) is 3. The van der Waals surface area contributed by atoms with Gasteiger partial charge in [-0.3, -0.25) is 14.7 Å². The summed E-state index contributed by atoms with van der Waals surface area (Å²) in [6, 6.07) is 19.0. The van der Waals surface area contributed by atoms with Crippen LogP contribution in [0.15, 0.2) is 71.6 Å². The third-order valence-corrected chi connectivity index (χ3v) is 9.80. The molecule has 4 aromatic rings. The van der Waals surface area contributed by atoms with E-state index in [0.29, 0.717) is 35.0 Å². The number of aromatic nitrogens is 1. The zero-order valence-corrected chi connectivity index (χ0v) is 26.9. The first-order chi connectivity index (χ1) is 21.6. The van der Waals surface area contributed by atoms with E-state index in [9.17, 15) is 18.0 Å². The highest BCUT2D eigenvalue weighted by Crippen LogP contribution is 2.37. The second kappa shape index (κ2) is 14.6. The van der Waals surface area contributed by atoms with Crippen molar-refractivity contribution in [1.29, 1.82) is 0 Å². The normalized spacial score (nSPS) is 14.0. The number of rotatable bonds is 11. The molecule has 12 heteroatoms. The van der Waals surface area contributed by atoms with Crippen LogP contribution >= 0.6 is 23.1 Å². The maximum absolute atomic E-state index is 13.2. The van der Waals surface area contributed by atoms with Crippen LogP contribution < -0.4 is 14.5 Å². The predicted octanol–water partition coefficient (Wildman–Crippen LogP) is 7.87. The number of thiazole rings is 1. The van der Waals surface area contributed by atoms with E-state index in [1.807, 2.05) is 31.2 Å². The molecule has 0 N–H and O–H groups in total. The molecule has 0 spiro atoms. The maximum Gasteiger partial charge on any atom is 0.416 e. The lowest BCUT2D eigenvalue weighted by Crippen LogP contribution is -2.46. The summed E-state index contributed by atoms with van der Waals surface area (Å²) in [5, 5.41) is 0.700. The Hall–Kier alpha value is -3.74. The van der Waals surface area contributed by atoms with Crippen LogP contribution in [-0.4, -0.2) is 49.1 Å². The largest absolute Gasteiger partial charge is 0.497 e. The molecule has 2 heterocycles. The number of ether oxygens (including phenoxy) is 1. The summed E-state index contributed by atoms with van der Waals surface area (Å²) in [7, 11) is 1.66. The van der Waals surface area contributed by atoms with Crippen molar-refractivity contribution >= 4 is 34.8 Å². The van der Waals surface area contributed by atoms with E-state index in [-0.39, 0.29) is 0 Å². The summed E-state index contributed by atoms with van der Waals surface area (Å²) in [6.45, 7) is 7.38. The van der Waals surface area contributed by atoms with Crippen LogP contribution in [0, 0.1) is 0 Å². The molecule has 0 radical (unpaired) electrons. The first-order valence-electron chi connectivity index (χ1n) is 14.5. The average molecular weight is 658 g/mol. The second-order valence-corrected chi connectivity index (χ2v) is 12.6. The van der Waals surface area contributed by atoms with Crippen molar-refractivity contribution in [2.24, 2.45) is 0 Å². The van der Waals surface area contributed by atoms with Crippen molar-refractivity contribution in [2.45, 2.75) is 43.6 Å². The zero-order chi connectivity index (χ0) is 32.0. The number of aryl methyl sites for hydroxylation is 1. The van der Waals surface area contributed by atoms with Crippen molar-refractivity contribution in [3.05, 3.63) is 88.4 Å². The lowest BCUT2D eigenvalue weighted by Gasteiger charge is -2.36. The van der Waals surface area contributed by atoms with Gasteiger partial charge in [-0.2, -0.15) is 13.2 Å². The van der Waals surface area contributed by atoms with Crippen molar-refractivity contribution in [1.82, 2.24) is 9.88 Å². The van der Waals surface area contributed by atoms with Gasteiger partial charge in [-0.25, -0.2) is 9.78 Å². The molecule has 0 saturated carbocycles. The summed E-state index contributed by atoms with van der Waals surface area (Å²) in [5.74, 6) is 1.44. The first kappa shape index (κ1) is 32.6. The molecule has 45 heavy (non-hydrogen) atoms. The van der Waals surface area contributed by atoms with Gasteiger partial charge in [0.05, 0.1) is 18.4 Å². The third kappa shape index (κ3) is 8.50. The van der Waals surface area contributed by atoms with E-state index in [2.05, 4.69) is 21.9 Å². The van der Waals surface area contributed by atoms with Crippen LogP contribution in [0.2, 0.25) is 0 Å². The fraction of sp³-hybridized carbons (Fsp3) is 0.333. The van der Waals surface area contributed by atoms with Gasteiger partial charge in [0.2, 0.25) is 0 Å². The topological polar surface area (TPSA) is 64.1 Å². The minimum Gasteiger partial charge on any atom is -0.497 e. The van der Waals surface area contributed by atoms with Crippen molar-refractivity contribution in [3.63, 3.8) is 0 Å². The minimum atomic E-state index is -4.39. The maximum atomic E-state index is 13.2. The molecule has 0 atom stereocenters. The fourth-order valence-electron chi connectivity index (χ4n) is 4.97. The van der Waals surface area contributed by atoms with E-state index in [1.165, 1.54) is 30.4 Å². The second-order valence-electron chi connectivity index (χ2n) is 10.5. The Kier molecular flexibility index (Phi) is 10.6. The van der Waals surface area contributed by atoms with Crippen LogP contribution in [0.5, 0.6) is 11.5 Å². The molecule has 5 rings (SSSR count). The molecule has 1 fully saturated rings. The summed E-state index contributed by atoms with van der Waals surface area (Å²) in [4.78, 5) is 32.8. The fourth-order valence-corrected chi connectivity index (χ4v) is 7.11. The number of halogens is 3. The molecule has 3 aromatic carbocycles. The van der Waals surface area contributed by atoms with Gasteiger partial charge in [0, 0.05) is 72.0 Å². The molecular weight excluding hydrogens is 624 g/mol. The number of anilines is 1. The number of carbonyl (C=O) groups is 1. The van der Waals surface area contributed by atoms with Gasteiger partial charge in [-0.05, 0) is 61.0 Å². The minimum absolute atomic E-state index is 0.494. The number of benzene rings is 3. The van der Waals surface area contributed by atoms with Crippen LogP contribution in [-0.2, 0) is 34.6 Å². The smallest absolute Gasteiger partial charge is 0.416 e. The van der Waals surface area contributed by atoms with Gasteiger partial charge < -0.3 is 9.64 Å². The quantitative estimate of drug-likeness (QED) is 0.0918. The highest BCUT2D eigenvalue weighted by Gasteiger charge is 2.30. The number of alkyl halides is 3. The Labute approximate surface area is 268 Å². The van der Waals surface area contributed by atoms with Crippen LogP contribution in [0.4, 0.5) is 18.9 Å². The highest BCUT2D eigenvalue weighted by molar-refractivity contribution is 7.98. The Morgan fingerprint density at radius 2 is 1.71 bits per heavy atom. The number of hydrogen-bond donors (Lipinski definition) is 0. The van der Waals surface area contributed by atoms with E-state index < -0.39 is 17.7 Å². The molecule has 1 aromatic heterocycles. The molecule has 0 unspecified atom stereocenters. The van der Waals surface area contributed by atoms with Gasteiger partial charge in [0.15, 0.2) is 5.75 Å². The molecule has 0 amide bonds. The number of thioether (sulfide) groups is 1. The third-order valence-electron chi connectivity index (χ3n) is 7.45. The van der Waals surface area contributed by atoms with Crippen LogP contribution in [0.25, 0.3) is 10.6 Å². The number of carbonyl (C=O) groups excluding carboxylic acids is 1. The molecule has 1 saturated heterocycles. The summed E-state index contributed by atoms with van der Waals surface area (Å²) >= 11 is 3.16. The average Bonchev–Trinajstić information content (AvgIpc) is 3.45. The number of piperazine rings is 1. The van der Waals surface area contributed by atoms with Crippen molar-refractivity contribution in [2.75, 3.05) is 38.2 Å². The van der Waals surface area contributed by atoms with Gasteiger partial charge in [-0.1, -0.05) is 19.1 Å². The van der Waals surface area contributed by atoms with E-state index in [4.69, 9.17) is 19.5 Å². The molecule has 0 aliphatic carbocycles. The molecule has 238 valence electrons. The summed E-state index contributed by atoms with van der Waals surface area (Å²) in [6.07, 6.45) is -3.70. The summed E-state index contributed by atoms with van der Waals surface area (Å²) < 4.78 is 44.8. The predicted molar refractivity (Wildman–Crippen MR) is 171 cm³/mol. The van der Waals surface area contributed by atoms with Gasteiger partial charge in [0.1, 0.15) is 10.8 Å². The SMILES string of the molecule is CCc1cc(SCc2sc(-c3ccc(C(F)(F)F)cc3)nc2CN2CCN(c3ccc(OC)cc3)CC2)ccc1OOC(C)=O. The number of methoxy groups -OCH3 is 1. The standard InChI is InChI=1S/C33H34F3N3O4S2/c1-4-23-19-28(13-14-30(23)43-42-22(2)40)44-21-31-29(37-32(45-31)24-5-7-25(8-6-24)33(34,35)36)20-38-15-17-39(18-16-38)26-9-11-27(41-3)12-10-26/h5-14,19H,4,15-18,20-21H2,1-3H3. The molecule has 1 aliphatic rings. The van der Waals surface area contributed by atoms with Crippen LogP contribution in [0.1, 0.15) is 35.5 Å². The number of hydrogen-bond acceptors (Lipinski definition) is 9. The lowest BCUT2D eigenvalue weighted by molar-refractivity contribution is -0.211. The monoisotopic (exact) mass is 657 g/mol. The zero-order valence-electron chi connectivity index (χ0n) is 25.2. The van der Waals surface area contributed by atoms with Gasteiger partial charge >= 0.3 is 12.1 Å². The Morgan fingerprint density at radius 3 is 2.33 bits per heavy atom.